The van der Waals surface area contributed by atoms with Gasteiger partial charge in [-0.2, -0.15) is 0 Å². The van der Waals surface area contributed by atoms with Crippen LogP contribution in [0.1, 0.15) is 30.4 Å². The van der Waals surface area contributed by atoms with E-state index in [0.717, 1.165) is 17.9 Å². The van der Waals surface area contributed by atoms with E-state index in [-0.39, 0.29) is 0 Å². The number of hydrogen-bond acceptors (Lipinski definition) is 2. The van der Waals surface area contributed by atoms with Crippen LogP contribution in [0.15, 0.2) is 23.1 Å². The fourth-order valence-corrected chi connectivity index (χ4v) is 2.65. The topological polar surface area (TPSA) is 34.1 Å². The van der Waals surface area contributed by atoms with Crippen LogP contribution in [-0.2, 0) is 16.3 Å². The molecule has 0 unspecified atom stereocenters. The summed E-state index contributed by atoms with van der Waals surface area (Å²) in [5, 5.41) is 0. The number of benzene rings is 1. The Morgan fingerprint density at radius 1 is 1.31 bits per heavy atom. The average molecular weight is 238 g/mol. The summed E-state index contributed by atoms with van der Waals surface area (Å²) in [6.45, 7) is 2.00. The molecule has 1 aromatic rings. The summed E-state index contributed by atoms with van der Waals surface area (Å²) in [5.41, 5.74) is 2.39. The second-order valence-corrected chi connectivity index (χ2v) is 6.86. The van der Waals surface area contributed by atoms with Crippen molar-refractivity contribution < 1.29 is 8.42 Å². The third-order valence-electron chi connectivity index (χ3n) is 3.26. The van der Waals surface area contributed by atoms with Gasteiger partial charge in [0.1, 0.15) is 0 Å². The van der Waals surface area contributed by atoms with Crippen LogP contribution in [0.2, 0.25) is 0 Å². The van der Waals surface area contributed by atoms with Crippen LogP contribution in [0.5, 0.6) is 0 Å². The lowest BCUT2D eigenvalue weighted by molar-refractivity contribution is 0.601. The summed E-state index contributed by atoms with van der Waals surface area (Å²) in [5.74, 6) is 0.925. The third kappa shape index (κ3) is 2.85. The molecule has 0 bridgehead atoms. The SMILES string of the molecule is Cc1cc(S(C)(=O)=O)ccc1CCC1CC1. The zero-order valence-electron chi connectivity index (χ0n) is 9.86. The Morgan fingerprint density at radius 3 is 2.50 bits per heavy atom. The summed E-state index contributed by atoms with van der Waals surface area (Å²) in [6, 6.07) is 5.48. The number of aryl methyl sites for hydroxylation is 2. The van der Waals surface area contributed by atoms with E-state index in [1.165, 1.54) is 31.1 Å². The van der Waals surface area contributed by atoms with E-state index in [2.05, 4.69) is 0 Å². The fraction of sp³-hybridized carbons (Fsp3) is 0.538. The normalized spacial score (nSPS) is 16.4. The van der Waals surface area contributed by atoms with Gasteiger partial charge in [0.25, 0.3) is 0 Å². The second kappa shape index (κ2) is 4.21. The molecular formula is C13H18O2S. The Balaban J connectivity index is 2.15. The van der Waals surface area contributed by atoms with Crippen LogP contribution in [-0.4, -0.2) is 14.7 Å². The molecule has 1 saturated carbocycles. The minimum atomic E-state index is -3.06. The van der Waals surface area contributed by atoms with Gasteiger partial charge in [0, 0.05) is 6.26 Å². The van der Waals surface area contributed by atoms with E-state index in [4.69, 9.17) is 0 Å². The van der Waals surface area contributed by atoms with Crippen molar-refractivity contribution in [3.63, 3.8) is 0 Å². The lowest BCUT2D eigenvalue weighted by Gasteiger charge is -2.07. The van der Waals surface area contributed by atoms with Gasteiger partial charge in [-0.1, -0.05) is 18.9 Å². The molecule has 1 aliphatic rings. The molecule has 1 aliphatic carbocycles. The Morgan fingerprint density at radius 2 is 2.00 bits per heavy atom. The third-order valence-corrected chi connectivity index (χ3v) is 4.37. The van der Waals surface area contributed by atoms with E-state index < -0.39 is 9.84 Å². The Labute approximate surface area is 97.6 Å². The van der Waals surface area contributed by atoms with Crippen LogP contribution >= 0.6 is 0 Å². The van der Waals surface area contributed by atoms with Crippen molar-refractivity contribution in [2.45, 2.75) is 37.5 Å². The van der Waals surface area contributed by atoms with Gasteiger partial charge < -0.3 is 0 Å². The van der Waals surface area contributed by atoms with Crippen LogP contribution in [0.4, 0.5) is 0 Å². The van der Waals surface area contributed by atoms with E-state index in [1.807, 2.05) is 13.0 Å². The zero-order chi connectivity index (χ0) is 11.8. The van der Waals surface area contributed by atoms with Gasteiger partial charge in [-0.3, -0.25) is 0 Å². The molecule has 16 heavy (non-hydrogen) atoms. The predicted octanol–water partition coefficient (Wildman–Crippen LogP) is 2.74. The molecule has 88 valence electrons. The first-order chi connectivity index (χ1) is 7.47. The average Bonchev–Trinajstić information content (AvgIpc) is 2.98. The number of hydrogen-bond donors (Lipinski definition) is 0. The molecule has 2 nitrogen and oxygen atoms in total. The van der Waals surface area contributed by atoms with Crippen LogP contribution in [0.3, 0.4) is 0 Å². The minimum Gasteiger partial charge on any atom is -0.224 e. The quantitative estimate of drug-likeness (QED) is 0.808. The molecule has 0 heterocycles. The molecule has 0 N–H and O–H groups in total. The second-order valence-electron chi connectivity index (χ2n) is 4.84. The molecule has 0 aliphatic heterocycles. The molecule has 1 fully saturated rings. The maximum Gasteiger partial charge on any atom is 0.175 e. The van der Waals surface area contributed by atoms with Crippen molar-refractivity contribution in [2.24, 2.45) is 5.92 Å². The van der Waals surface area contributed by atoms with Gasteiger partial charge in [0.2, 0.25) is 0 Å². The van der Waals surface area contributed by atoms with Gasteiger partial charge in [0.15, 0.2) is 9.84 Å². The van der Waals surface area contributed by atoms with Crippen molar-refractivity contribution in [1.82, 2.24) is 0 Å². The summed E-state index contributed by atoms with van der Waals surface area (Å²) in [7, 11) is -3.06. The maximum absolute atomic E-state index is 11.4. The first-order valence-electron chi connectivity index (χ1n) is 5.76. The first-order valence-corrected chi connectivity index (χ1v) is 7.65. The molecule has 3 heteroatoms. The lowest BCUT2D eigenvalue weighted by Crippen LogP contribution is -1.99. The first kappa shape index (κ1) is 11.6. The van der Waals surface area contributed by atoms with Gasteiger partial charge >= 0.3 is 0 Å². The van der Waals surface area contributed by atoms with Gasteiger partial charge in [0.05, 0.1) is 4.90 Å². The van der Waals surface area contributed by atoms with E-state index in [0.29, 0.717) is 4.90 Å². The minimum absolute atomic E-state index is 0.431. The van der Waals surface area contributed by atoms with E-state index in [9.17, 15) is 8.42 Å². The fourth-order valence-electron chi connectivity index (χ4n) is 1.95. The molecule has 0 saturated heterocycles. The highest BCUT2D eigenvalue weighted by atomic mass is 32.2. The molecular weight excluding hydrogens is 220 g/mol. The highest BCUT2D eigenvalue weighted by Gasteiger charge is 2.20. The predicted molar refractivity (Wildman–Crippen MR) is 65.3 cm³/mol. The monoisotopic (exact) mass is 238 g/mol. The van der Waals surface area contributed by atoms with Gasteiger partial charge in [-0.25, -0.2) is 8.42 Å². The summed E-state index contributed by atoms with van der Waals surface area (Å²) in [4.78, 5) is 0.431. The smallest absolute Gasteiger partial charge is 0.175 e. The molecule has 0 spiro atoms. The molecule has 0 aromatic heterocycles. The van der Waals surface area contributed by atoms with Crippen molar-refractivity contribution in [1.29, 1.82) is 0 Å². The van der Waals surface area contributed by atoms with Crippen molar-refractivity contribution in [2.75, 3.05) is 6.26 Å². The lowest BCUT2D eigenvalue weighted by atomic mass is 10.0. The largest absolute Gasteiger partial charge is 0.224 e. The van der Waals surface area contributed by atoms with Crippen LogP contribution < -0.4 is 0 Å². The van der Waals surface area contributed by atoms with Crippen molar-refractivity contribution in [3.05, 3.63) is 29.3 Å². The number of sulfone groups is 1. The Kier molecular flexibility index (Phi) is 3.06. The molecule has 0 atom stereocenters. The van der Waals surface area contributed by atoms with Crippen molar-refractivity contribution >= 4 is 9.84 Å². The van der Waals surface area contributed by atoms with E-state index in [1.54, 1.807) is 12.1 Å². The van der Waals surface area contributed by atoms with E-state index >= 15 is 0 Å². The Bertz CT molecular complexity index is 485. The van der Waals surface area contributed by atoms with Crippen LogP contribution in [0, 0.1) is 12.8 Å². The molecule has 2 rings (SSSR count). The zero-order valence-corrected chi connectivity index (χ0v) is 10.7. The molecule has 0 radical (unpaired) electrons. The highest BCUT2D eigenvalue weighted by molar-refractivity contribution is 7.90. The van der Waals surface area contributed by atoms with Crippen molar-refractivity contribution in [3.8, 4) is 0 Å². The standard InChI is InChI=1S/C13H18O2S/c1-10-9-13(16(2,14)15)8-7-12(10)6-5-11-3-4-11/h7-9,11H,3-6H2,1-2H3. The molecule has 0 amide bonds. The van der Waals surface area contributed by atoms with Crippen LogP contribution in [0.25, 0.3) is 0 Å². The maximum atomic E-state index is 11.4. The summed E-state index contributed by atoms with van der Waals surface area (Å²) < 4.78 is 22.7. The van der Waals surface area contributed by atoms with Gasteiger partial charge in [-0.15, -0.1) is 0 Å². The summed E-state index contributed by atoms with van der Waals surface area (Å²) >= 11 is 0. The Hall–Kier alpha value is -0.830. The van der Waals surface area contributed by atoms with Gasteiger partial charge in [-0.05, 0) is 48.9 Å². The highest BCUT2D eigenvalue weighted by Crippen LogP contribution is 2.33. The molecule has 1 aromatic carbocycles. The summed E-state index contributed by atoms with van der Waals surface area (Å²) in [6.07, 6.45) is 6.34. The number of rotatable bonds is 4.